The minimum absolute atomic E-state index is 0.00152. The number of hydrogen-bond donors (Lipinski definition) is 2. The van der Waals surface area contributed by atoms with Crippen LogP contribution in [0, 0.1) is 40.9 Å². The summed E-state index contributed by atoms with van der Waals surface area (Å²) in [6, 6.07) is -1.19. The smallest absolute Gasteiger partial charge is 0.329 e. The number of amides is 1. The van der Waals surface area contributed by atoms with Crippen LogP contribution >= 0.6 is 0 Å². The van der Waals surface area contributed by atoms with Crippen LogP contribution in [0.1, 0.15) is 154 Å². The molecule has 4 aliphatic rings. The number of cyclic esters (lactones) is 1. The number of hydrogen-bond acceptors (Lipinski definition) is 16. The molecule has 0 aromatic heterocycles. The summed E-state index contributed by atoms with van der Waals surface area (Å²) in [5.74, 6) is -9.77. The monoisotopic (exact) mass is 1090 g/mol. The Morgan fingerprint density at radius 2 is 1.53 bits per heavy atom. The lowest BCUT2D eigenvalue weighted by molar-refractivity contribution is -0.283. The van der Waals surface area contributed by atoms with Crippen molar-refractivity contribution in [3.05, 3.63) is 47.6 Å². The van der Waals surface area contributed by atoms with Gasteiger partial charge in [0, 0.05) is 58.5 Å². The van der Waals surface area contributed by atoms with Crippen LogP contribution in [-0.4, -0.2) is 152 Å². The molecule has 1 amide bonds. The summed E-state index contributed by atoms with van der Waals surface area (Å²) in [5.41, 5.74) is 0.212. The number of Topliss-reactive ketones (excluding diaryl/α,β-unsaturated/α-hetero) is 3. The number of ether oxygens (including phenoxy) is 8. The van der Waals surface area contributed by atoms with E-state index < -0.39 is 113 Å². The van der Waals surface area contributed by atoms with Crippen molar-refractivity contribution >= 4 is 35.2 Å². The number of esters is 2. The number of ketones is 3. The van der Waals surface area contributed by atoms with Crippen LogP contribution in [0.25, 0.3) is 0 Å². The predicted octanol–water partition coefficient (Wildman–Crippen LogP) is 8.16. The van der Waals surface area contributed by atoms with Crippen molar-refractivity contribution in [2.45, 2.75) is 214 Å². The van der Waals surface area contributed by atoms with Gasteiger partial charge in [-0.15, -0.1) is 0 Å². The number of rotatable bonds is 12. The summed E-state index contributed by atoms with van der Waals surface area (Å²) >= 11 is 0. The lowest BCUT2D eigenvalue weighted by Crippen LogP contribution is -2.61. The Labute approximate surface area is 459 Å². The fourth-order valence-electron chi connectivity index (χ4n) is 10.8. The van der Waals surface area contributed by atoms with Crippen molar-refractivity contribution < 1.29 is 76.9 Å². The van der Waals surface area contributed by atoms with Crippen LogP contribution in [0.15, 0.2) is 47.6 Å². The van der Waals surface area contributed by atoms with Gasteiger partial charge in [-0.25, -0.2) is 4.79 Å². The molecule has 2 N–H and O–H groups in total. The molecule has 0 spiro atoms. The number of piperidine rings is 1. The van der Waals surface area contributed by atoms with E-state index in [9.17, 15) is 39.0 Å². The molecule has 0 saturated carbocycles. The first kappa shape index (κ1) is 65.6. The maximum atomic E-state index is 14.6. The summed E-state index contributed by atoms with van der Waals surface area (Å²) in [7, 11) is 4.49. The molecule has 17 nitrogen and oxygen atoms in total. The van der Waals surface area contributed by atoms with E-state index in [1.807, 2.05) is 71.9 Å². The molecular formula is C60H95NO16. The third-order valence-electron chi connectivity index (χ3n) is 16.4. The molecule has 4 rings (SSSR count). The summed E-state index contributed by atoms with van der Waals surface area (Å²) in [4.78, 5) is 86.3. The molecule has 77 heavy (non-hydrogen) atoms. The van der Waals surface area contributed by atoms with E-state index in [2.05, 4.69) is 0 Å². The molecule has 4 aliphatic heterocycles. The minimum Gasteiger partial charge on any atom is -0.460 e. The van der Waals surface area contributed by atoms with E-state index in [1.165, 1.54) is 12.0 Å². The highest BCUT2D eigenvalue weighted by Gasteiger charge is 2.53. The summed E-state index contributed by atoms with van der Waals surface area (Å²) in [6.07, 6.45) is 9.68. The number of aliphatic hydroxyl groups excluding tert-OH is 1. The van der Waals surface area contributed by atoms with E-state index in [0.29, 0.717) is 63.4 Å². The van der Waals surface area contributed by atoms with Crippen molar-refractivity contribution in [1.82, 2.24) is 4.90 Å². The fraction of sp³-hybridized carbons (Fsp3) is 0.767. The fourth-order valence-corrected chi connectivity index (χ4v) is 10.8. The van der Waals surface area contributed by atoms with Gasteiger partial charge in [-0.3, -0.25) is 24.0 Å². The highest BCUT2D eigenvalue weighted by Crippen LogP contribution is 2.38. The van der Waals surface area contributed by atoms with Gasteiger partial charge in [-0.2, -0.15) is 0 Å². The average molecular weight is 1090 g/mol. The van der Waals surface area contributed by atoms with Crippen molar-refractivity contribution in [3.8, 4) is 0 Å². The topological polar surface area (TPSA) is 220 Å². The standard InChI is InChI=1S/C60H95NO16/c1-36-21-17-16-18-22-38(3)49(71-14)32-45-26-25-43(8)60(69,77-45)54(65)55(66)61-28-20-19-23-46(61)56(67)75-50(33-47(62)39(4)31-42(7)52(64)53(72-15)51(63)41(6)30-36)40(5)29-37(2)24-27-48(44(9)70-13)76-57(68)59(12)34-73-58(10,11)74-35-59/h16-18,21-22,31,36-37,39-41,43-46,48-50,52-53,64,69H,19-20,23-30,32-35H2,1-15H3/b18-16+,21-17+,38-22+,42-31+. The SMILES string of the molecule is COC1CC2CCC(C)C(O)(O2)C(=O)C(=O)N2CCCCC2C(=O)OC(C(C)CC(C)CCC(OC(=O)C2(C)COC(C)(C)OC2)C(C)OC)CC(=O)C(C)/C=C(\C)C(O)C(OC)C(=O)C(C)CC(C)/C=C/C=C/C=C/1C. The molecule has 15 unspecified atom stereocenters. The largest absolute Gasteiger partial charge is 0.460 e. The Balaban J connectivity index is 1.67. The second kappa shape index (κ2) is 29.5. The Morgan fingerprint density at radius 1 is 0.857 bits per heavy atom. The number of methoxy groups -OCH3 is 3. The summed E-state index contributed by atoms with van der Waals surface area (Å²) in [6.45, 7) is 22.1. The first-order valence-electron chi connectivity index (χ1n) is 28.1. The zero-order valence-electron chi connectivity index (χ0n) is 49.0. The number of carbonyl (C=O) groups is 6. The normalized spacial score (nSPS) is 35.6. The number of carbonyl (C=O) groups excluding carboxylic acids is 6. The van der Waals surface area contributed by atoms with Gasteiger partial charge in [0.15, 0.2) is 11.6 Å². The van der Waals surface area contributed by atoms with Gasteiger partial charge in [-0.05, 0) is 128 Å². The molecule has 17 heteroatoms. The van der Waals surface area contributed by atoms with Crippen LogP contribution in [0.2, 0.25) is 0 Å². The number of fused-ring (bicyclic) bond motifs is 3. The van der Waals surface area contributed by atoms with Gasteiger partial charge in [0.05, 0.1) is 31.5 Å². The van der Waals surface area contributed by atoms with E-state index in [-0.39, 0.29) is 56.0 Å². The van der Waals surface area contributed by atoms with E-state index in [1.54, 1.807) is 61.8 Å². The van der Waals surface area contributed by atoms with Gasteiger partial charge < -0.3 is 53.0 Å². The second-order valence-electron chi connectivity index (χ2n) is 23.7. The summed E-state index contributed by atoms with van der Waals surface area (Å²) in [5, 5.41) is 23.6. The Kier molecular flexibility index (Phi) is 25.1. The highest BCUT2D eigenvalue weighted by atomic mass is 16.7. The first-order valence-corrected chi connectivity index (χ1v) is 28.1. The maximum Gasteiger partial charge on any atom is 0.329 e. The molecule has 0 radical (unpaired) electrons. The molecule has 0 aliphatic carbocycles. The van der Waals surface area contributed by atoms with Gasteiger partial charge in [0.1, 0.15) is 41.7 Å². The molecule has 436 valence electrons. The molecule has 15 atom stereocenters. The third kappa shape index (κ3) is 18.0. The van der Waals surface area contributed by atoms with Gasteiger partial charge >= 0.3 is 11.9 Å². The van der Waals surface area contributed by atoms with Gasteiger partial charge in [-0.1, -0.05) is 78.0 Å². The molecule has 3 saturated heterocycles. The van der Waals surface area contributed by atoms with E-state index >= 15 is 0 Å². The van der Waals surface area contributed by atoms with Crippen LogP contribution < -0.4 is 0 Å². The number of allylic oxidation sites excluding steroid dienone is 6. The Hall–Kier alpha value is -3.94. The third-order valence-corrected chi connectivity index (χ3v) is 16.4. The van der Waals surface area contributed by atoms with Crippen molar-refractivity contribution in [2.75, 3.05) is 41.1 Å². The Bertz CT molecular complexity index is 2120. The van der Waals surface area contributed by atoms with Gasteiger partial charge in [0.25, 0.3) is 11.7 Å². The summed E-state index contributed by atoms with van der Waals surface area (Å²) < 4.78 is 47.3. The zero-order chi connectivity index (χ0) is 57.6. The highest BCUT2D eigenvalue weighted by molar-refractivity contribution is 6.39. The Morgan fingerprint density at radius 3 is 2.17 bits per heavy atom. The zero-order valence-corrected chi connectivity index (χ0v) is 49.0. The van der Waals surface area contributed by atoms with E-state index in [4.69, 9.17) is 37.9 Å². The van der Waals surface area contributed by atoms with Crippen LogP contribution in [-0.2, 0) is 66.7 Å². The number of nitrogens with zero attached hydrogens (tertiary/aromatic N) is 1. The maximum absolute atomic E-state index is 14.6. The quantitative estimate of drug-likeness (QED) is 0.107. The van der Waals surface area contributed by atoms with Crippen molar-refractivity contribution in [3.63, 3.8) is 0 Å². The predicted molar refractivity (Wildman–Crippen MR) is 290 cm³/mol. The second-order valence-corrected chi connectivity index (χ2v) is 23.7. The molecule has 3 fully saturated rings. The van der Waals surface area contributed by atoms with Crippen LogP contribution in [0.3, 0.4) is 0 Å². The van der Waals surface area contributed by atoms with Crippen molar-refractivity contribution in [2.24, 2.45) is 40.9 Å². The number of aliphatic hydroxyl groups is 2. The molecule has 2 bridgehead atoms. The lowest BCUT2D eigenvalue weighted by Gasteiger charge is -2.42. The lowest BCUT2D eigenvalue weighted by atomic mass is 9.85. The van der Waals surface area contributed by atoms with Crippen LogP contribution in [0.4, 0.5) is 0 Å². The van der Waals surface area contributed by atoms with E-state index in [0.717, 1.165) is 5.57 Å². The average Bonchev–Trinajstić information content (AvgIpc) is 3.39. The molecule has 4 heterocycles. The first-order chi connectivity index (χ1) is 36.1. The molecule has 0 aromatic carbocycles. The minimum atomic E-state index is -2.46. The molecular weight excluding hydrogens is 991 g/mol. The molecule has 0 aromatic rings. The van der Waals surface area contributed by atoms with Gasteiger partial charge in [0.2, 0.25) is 5.79 Å². The van der Waals surface area contributed by atoms with Crippen LogP contribution in [0.5, 0.6) is 0 Å². The van der Waals surface area contributed by atoms with Crippen molar-refractivity contribution in [1.29, 1.82) is 0 Å².